The van der Waals surface area contributed by atoms with Gasteiger partial charge in [-0.15, -0.1) is 11.3 Å². The van der Waals surface area contributed by atoms with Gasteiger partial charge in [0, 0.05) is 29.0 Å². The maximum Gasteiger partial charge on any atom is 0.247 e. The van der Waals surface area contributed by atoms with Gasteiger partial charge in [0.15, 0.2) is 24.8 Å². The third-order valence-corrected chi connectivity index (χ3v) is 13.4. The van der Waals surface area contributed by atoms with Crippen LogP contribution in [0.1, 0.15) is 80.7 Å². The van der Waals surface area contributed by atoms with E-state index in [0.29, 0.717) is 29.4 Å². The number of thiazole rings is 1. The average Bonchev–Trinajstić information content (AvgIpc) is 3.42. The van der Waals surface area contributed by atoms with Crippen LogP contribution in [-0.4, -0.2) is 59.6 Å². The second-order valence-electron chi connectivity index (χ2n) is 12.7. The lowest BCUT2D eigenvalue weighted by Gasteiger charge is -2.24. The quantitative estimate of drug-likeness (QED) is 0.241. The highest BCUT2D eigenvalue weighted by molar-refractivity contribution is 7.93. The third-order valence-electron chi connectivity index (χ3n) is 7.28. The Kier molecular flexibility index (Phi) is 12.6. The summed E-state index contributed by atoms with van der Waals surface area (Å²) in [6, 6.07) is 11.2. The number of amides is 2. The van der Waals surface area contributed by atoms with Crippen molar-refractivity contribution in [2.75, 3.05) is 22.1 Å². The molecule has 0 saturated carbocycles. The Morgan fingerprint density at radius 1 is 0.778 bits per heavy atom. The number of carbonyl (C=O) groups is 2. The first-order chi connectivity index (χ1) is 20.7. The lowest BCUT2D eigenvalue weighted by molar-refractivity contribution is -0.118. The predicted octanol–water partition coefficient (Wildman–Crippen LogP) is 6.27. The van der Waals surface area contributed by atoms with Crippen LogP contribution < -0.4 is 10.6 Å². The Labute approximate surface area is 272 Å². The number of aromatic nitrogens is 2. The van der Waals surface area contributed by atoms with Crippen LogP contribution >= 0.6 is 11.3 Å². The number of anilines is 2. The molecule has 2 aromatic heterocycles. The Balaban J connectivity index is 0.000000314. The molecule has 0 unspecified atom stereocenters. The predicted molar refractivity (Wildman–Crippen MR) is 184 cm³/mol. The molecule has 1 aromatic carbocycles. The van der Waals surface area contributed by atoms with E-state index in [1.54, 1.807) is 37.7 Å². The van der Waals surface area contributed by atoms with Crippen molar-refractivity contribution in [3.8, 4) is 11.3 Å². The first-order valence-corrected chi connectivity index (χ1v) is 18.9. The SMILES string of the molecule is CCCS(=O)(=O)C(C)(C)C(=O)Nc1cccc(C(C)(C)C)c1.CCCS(=O)(=O)C(C)(C)C(=O)Nc1nc(-c2ccncc2)cs1. The van der Waals surface area contributed by atoms with Gasteiger partial charge in [0.2, 0.25) is 11.8 Å². The molecule has 0 fully saturated rings. The highest BCUT2D eigenvalue weighted by Gasteiger charge is 2.42. The van der Waals surface area contributed by atoms with Crippen LogP contribution in [-0.2, 0) is 34.7 Å². The monoisotopic (exact) mass is 678 g/mol. The fourth-order valence-electron chi connectivity index (χ4n) is 3.91. The molecule has 0 radical (unpaired) electrons. The summed E-state index contributed by atoms with van der Waals surface area (Å²) in [7, 11) is -7.00. The molecule has 0 bridgehead atoms. The van der Waals surface area contributed by atoms with Crippen molar-refractivity contribution in [2.24, 2.45) is 0 Å². The summed E-state index contributed by atoms with van der Waals surface area (Å²) in [5.41, 5.74) is 3.26. The first-order valence-electron chi connectivity index (χ1n) is 14.7. The molecule has 10 nitrogen and oxygen atoms in total. The molecular weight excluding hydrogens is 633 g/mol. The Bertz CT molecular complexity index is 1670. The van der Waals surface area contributed by atoms with Gasteiger partial charge in [-0.1, -0.05) is 46.8 Å². The van der Waals surface area contributed by atoms with E-state index in [-0.39, 0.29) is 16.9 Å². The zero-order valence-corrected chi connectivity index (χ0v) is 30.0. The highest BCUT2D eigenvalue weighted by atomic mass is 32.2. The van der Waals surface area contributed by atoms with Gasteiger partial charge in [-0.25, -0.2) is 21.8 Å². The van der Waals surface area contributed by atoms with Crippen molar-refractivity contribution in [1.82, 2.24) is 9.97 Å². The standard InChI is InChI=1S/C17H27NO3S.C15H19N3O3S2/c1-7-11-22(20,21)17(5,6)15(19)18-14-10-8-9-13(12-14)16(2,3)4;1-4-9-23(20,21)15(2,3)13(19)18-14-17-12(10-22-14)11-5-7-16-8-6-11/h8-10,12H,7,11H2,1-6H3,(H,18,19);5-8,10H,4,9H2,1-3H3,(H,17,18,19). The van der Waals surface area contributed by atoms with Crippen LogP contribution in [0.3, 0.4) is 0 Å². The van der Waals surface area contributed by atoms with Crippen molar-refractivity contribution in [2.45, 2.75) is 90.1 Å². The molecule has 248 valence electrons. The lowest BCUT2D eigenvalue weighted by atomic mass is 9.87. The minimum absolute atomic E-state index is 0.00938. The number of benzene rings is 1. The maximum atomic E-state index is 12.4. The Morgan fingerprint density at radius 2 is 1.29 bits per heavy atom. The summed E-state index contributed by atoms with van der Waals surface area (Å²) < 4.78 is 46.0. The lowest BCUT2D eigenvalue weighted by Crippen LogP contribution is -2.45. The van der Waals surface area contributed by atoms with E-state index in [9.17, 15) is 26.4 Å². The molecule has 3 rings (SSSR count). The van der Waals surface area contributed by atoms with Crippen molar-refractivity contribution in [3.63, 3.8) is 0 Å². The minimum atomic E-state index is -3.52. The highest BCUT2D eigenvalue weighted by Crippen LogP contribution is 2.28. The van der Waals surface area contributed by atoms with E-state index in [2.05, 4.69) is 41.4 Å². The van der Waals surface area contributed by atoms with E-state index in [0.717, 1.165) is 11.1 Å². The summed E-state index contributed by atoms with van der Waals surface area (Å²) >= 11 is 1.25. The molecule has 13 heteroatoms. The van der Waals surface area contributed by atoms with Gasteiger partial charge in [-0.2, -0.15) is 0 Å². The Hall–Kier alpha value is -3.16. The van der Waals surface area contributed by atoms with Gasteiger partial charge in [0.05, 0.1) is 17.2 Å². The first kappa shape index (κ1) is 38.0. The topological polar surface area (TPSA) is 152 Å². The summed E-state index contributed by atoms with van der Waals surface area (Å²) in [5, 5.41) is 7.53. The molecule has 0 aliphatic heterocycles. The van der Waals surface area contributed by atoms with Gasteiger partial charge < -0.3 is 10.6 Å². The molecule has 0 atom stereocenters. The number of nitrogens with zero attached hydrogens (tertiary/aromatic N) is 2. The number of rotatable bonds is 11. The summed E-state index contributed by atoms with van der Waals surface area (Å²) in [6.45, 7) is 15.6. The average molecular weight is 679 g/mol. The van der Waals surface area contributed by atoms with Crippen molar-refractivity contribution in [1.29, 1.82) is 0 Å². The van der Waals surface area contributed by atoms with E-state index in [4.69, 9.17) is 0 Å². The van der Waals surface area contributed by atoms with E-state index >= 15 is 0 Å². The molecule has 0 aliphatic rings. The van der Waals surface area contributed by atoms with Crippen LogP contribution in [0.15, 0.2) is 54.2 Å². The number of sulfone groups is 2. The molecule has 2 heterocycles. The molecule has 0 saturated heterocycles. The van der Waals surface area contributed by atoms with Gasteiger partial charge in [0.1, 0.15) is 9.49 Å². The maximum absolute atomic E-state index is 12.4. The Morgan fingerprint density at radius 3 is 1.78 bits per heavy atom. The number of pyridine rings is 1. The molecule has 2 N–H and O–H groups in total. The smallest absolute Gasteiger partial charge is 0.247 e. The van der Waals surface area contributed by atoms with E-state index < -0.39 is 41.0 Å². The van der Waals surface area contributed by atoms with Crippen LogP contribution in [0.25, 0.3) is 11.3 Å². The van der Waals surface area contributed by atoms with E-state index in [1.165, 1.54) is 39.0 Å². The number of hydrogen-bond donors (Lipinski definition) is 2. The van der Waals surface area contributed by atoms with Crippen LogP contribution in [0, 0.1) is 0 Å². The summed E-state index contributed by atoms with van der Waals surface area (Å²) in [4.78, 5) is 33.1. The van der Waals surface area contributed by atoms with Gasteiger partial charge in [-0.05, 0) is 75.8 Å². The van der Waals surface area contributed by atoms with Crippen molar-refractivity contribution < 1.29 is 26.4 Å². The van der Waals surface area contributed by atoms with Gasteiger partial charge in [0.25, 0.3) is 0 Å². The summed E-state index contributed by atoms with van der Waals surface area (Å²) in [5.74, 6) is -1.07. The molecule has 0 spiro atoms. The molecular formula is C32H46N4O6S3. The normalized spacial score (nSPS) is 12.6. The van der Waals surface area contributed by atoms with Gasteiger partial charge >= 0.3 is 0 Å². The van der Waals surface area contributed by atoms with Gasteiger partial charge in [-0.3, -0.25) is 14.6 Å². The fourth-order valence-corrected chi connectivity index (χ4v) is 7.39. The summed E-state index contributed by atoms with van der Waals surface area (Å²) in [6.07, 6.45) is 4.29. The van der Waals surface area contributed by atoms with E-state index in [1.807, 2.05) is 30.3 Å². The van der Waals surface area contributed by atoms with Crippen molar-refractivity contribution in [3.05, 3.63) is 59.7 Å². The molecule has 2 amide bonds. The molecule has 3 aromatic rings. The van der Waals surface area contributed by atoms with Crippen molar-refractivity contribution >= 4 is 53.6 Å². The van der Waals surface area contributed by atoms with Crippen LogP contribution in [0.2, 0.25) is 0 Å². The van der Waals surface area contributed by atoms with Crippen LogP contribution in [0.5, 0.6) is 0 Å². The number of carbonyl (C=O) groups excluding carboxylic acids is 2. The number of nitrogens with one attached hydrogen (secondary N) is 2. The number of hydrogen-bond acceptors (Lipinski definition) is 9. The molecule has 45 heavy (non-hydrogen) atoms. The largest absolute Gasteiger partial charge is 0.325 e. The van der Waals surface area contributed by atoms with Crippen LogP contribution in [0.4, 0.5) is 10.8 Å². The second-order valence-corrected chi connectivity index (χ2v) is 18.8. The fraction of sp³-hybridized carbons (Fsp3) is 0.500. The minimum Gasteiger partial charge on any atom is -0.325 e. The molecule has 0 aliphatic carbocycles. The zero-order chi connectivity index (χ0) is 34.3. The zero-order valence-electron chi connectivity index (χ0n) is 27.6. The second kappa shape index (κ2) is 15.0. The third kappa shape index (κ3) is 9.67.